The Morgan fingerprint density at radius 2 is 1.73 bits per heavy atom. The maximum Gasteiger partial charge on any atom is 0.333 e. The number of aliphatic carboxylic acids is 1. The van der Waals surface area contributed by atoms with Crippen molar-refractivity contribution in [2.24, 2.45) is 0 Å². The summed E-state index contributed by atoms with van der Waals surface area (Å²) in [5.41, 5.74) is 0.113. The fourth-order valence-corrected chi connectivity index (χ4v) is 1.23. The van der Waals surface area contributed by atoms with Gasteiger partial charge in [-0.15, -0.1) is 0 Å². The molecule has 0 spiro atoms. The average molecular weight is 216 g/mol. The molecule has 0 amide bonds. The number of hydrogen-bond donors (Lipinski definition) is 2. The fourth-order valence-electron chi connectivity index (χ4n) is 1.23. The molecule has 1 aromatic carbocycles. The summed E-state index contributed by atoms with van der Waals surface area (Å²) in [5, 5.41) is 17.7. The zero-order chi connectivity index (χ0) is 11.6. The minimum atomic E-state index is -1.67. The largest absolute Gasteiger partial charge is 0.479 e. The van der Waals surface area contributed by atoms with Gasteiger partial charge in [-0.1, -0.05) is 6.92 Å². The fraction of sp³-hybridized carbons (Fsp3) is 0.300. The summed E-state index contributed by atoms with van der Waals surface area (Å²) >= 11 is 0. The van der Waals surface area contributed by atoms with Crippen LogP contribution in [0.2, 0.25) is 0 Å². The molecule has 0 heterocycles. The number of halogens is 2. The number of benzene rings is 1. The second kappa shape index (κ2) is 4.35. The Bertz CT molecular complexity index is 359. The molecule has 0 radical (unpaired) electrons. The van der Waals surface area contributed by atoms with Crippen molar-refractivity contribution in [3.05, 3.63) is 35.4 Å². The number of rotatable bonds is 3. The standard InChI is InChI=1S/C10H10F2O3/c1-5(9(13)10(14)15)6-2-7(11)4-8(12)3-6/h2-5,9,13H,1H3,(H,14,15). The minimum absolute atomic E-state index is 0.113. The monoisotopic (exact) mass is 216 g/mol. The molecule has 1 rings (SSSR count). The number of aliphatic hydroxyl groups excluding tert-OH is 1. The van der Waals surface area contributed by atoms with Gasteiger partial charge in [0.2, 0.25) is 0 Å². The molecule has 3 nitrogen and oxygen atoms in total. The van der Waals surface area contributed by atoms with Crippen LogP contribution in [0.3, 0.4) is 0 Å². The first-order valence-electron chi connectivity index (χ1n) is 4.28. The van der Waals surface area contributed by atoms with Crippen molar-refractivity contribution >= 4 is 5.97 Å². The minimum Gasteiger partial charge on any atom is -0.479 e. The van der Waals surface area contributed by atoms with Gasteiger partial charge in [0, 0.05) is 12.0 Å². The molecule has 0 saturated carbocycles. The summed E-state index contributed by atoms with van der Waals surface area (Å²) in [7, 11) is 0. The van der Waals surface area contributed by atoms with E-state index in [-0.39, 0.29) is 5.56 Å². The van der Waals surface area contributed by atoms with Crippen LogP contribution in [0.1, 0.15) is 18.4 Å². The molecule has 1 aromatic rings. The highest BCUT2D eigenvalue weighted by molar-refractivity contribution is 5.73. The van der Waals surface area contributed by atoms with Crippen LogP contribution in [-0.2, 0) is 4.79 Å². The van der Waals surface area contributed by atoms with Crippen LogP contribution in [-0.4, -0.2) is 22.3 Å². The van der Waals surface area contributed by atoms with Crippen molar-refractivity contribution in [3.8, 4) is 0 Å². The lowest BCUT2D eigenvalue weighted by Crippen LogP contribution is -2.25. The lowest BCUT2D eigenvalue weighted by molar-refractivity contribution is -0.147. The Balaban J connectivity index is 3.00. The third-order valence-electron chi connectivity index (χ3n) is 2.14. The SMILES string of the molecule is CC(c1cc(F)cc(F)c1)C(O)C(=O)O. The number of hydrogen-bond acceptors (Lipinski definition) is 2. The maximum atomic E-state index is 12.8. The molecule has 2 unspecified atom stereocenters. The molecule has 0 aliphatic heterocycles. The van der Waals surface area contributed by atoms with Gasteiger partial charge in [0.15, 0.2) is 6.10 Å². The smallest absolute Gasteiger partial charge is 0.333 e. The summed E-state index contributed by atoms with van der Waals surface area (Å²) < 4.78 is 25.6. The van der Waals surface area contributed by atoms with Gasteiger partial charge in [0.05, 0.1) is 0 Å². The van der Waals surface area contributed by atoms with Crippen molar-refractivity contribution in [2.45, 2.75) is 18.9 Å². The molecule has 5 heteroatoms. The number of carboxylic acid groups (broad SMARTS) is 1. The summed E-state index contributed by atoms with van der Waals surface area (Å²) in [5.74, 6) is -3.89. The first-order chi connectivity index (χ1) is 6.91. The molecule has 2 atom stereocenters. The van der Waals surface area contributed by atoms with E-state index in [0.29, 0.717) is 6.07 Å². The molecule has 15 heavy (non-hydrogen) atoms. The molecule has 0 aliphatic carbocycles. The van der Waals surface area contributed by atoms with Crippen molar-refractivity contribution in [1.29, 1.82) is 0 Å². The van der Waals surface area contributed by atoms with Crippen molar-refractivity contribution in [2.75, 3.05) is 0 Å². The average Bonchev–Trinajstić information content (AvgIpc) is 2.13. The Kier molecular flexibility index (Phi) is 3.36. The Hall–Kier alpha value is -1.49. The van der Waals surface area contributed by atoms with E-state index in [1.54, 1.807) is 0 Å². The van der Waals surface area contributed by atoms with Gasteiger partial charge < -0.3 is 10.2 Å². The van der Waals surface area contributed by atoms with Crippen LogP contribution < -0.4 is 0 Å². The van der Waals surface area contributed by atoms with E-state index >= 15 is 0 Å². The third-order valence-corrected chi connectivity index (χ3v) is 2.14. The highest BCUT2D eigenvalue weighted by Gasteiger charge is 2.23. The molecular formula is C10H10F2O3. The van der Waals surface area contributed by atoms with E-state index in [1.807, 2.05) is 0 Å². The molecule has 0 aliphatic rings. The van der Waals surface area contributed by atoms with Gasteiger partial charge in [-0.2, -0.15) is 0 Å². The van der Waals surface area contributed by atoms with Gasteiger partial charge in [0.25, 0.3) is 0 Å². The van der Waals surface area contributed by atoms with E-state index in [1.165, 1.54) is 6.92 Å². The number of carboxylic acids is 1. The van der Waals surface area contributed by atoms with E-state index in [0.717, 1.165) is 12.1 Å². The summed E-state index contributed by atoms with van der Waals surface area (Å²) in [6.07, 6.45) is -1.67. The van der Waals surface area contributed by atoms with E-state index < -0.39 is 29.6 Å². The van der Waals surface area contributed by atoms with Crippen LogP contribution >= 0.6 is 0 Å². The number of carbonyl (C=O) groups is 1. The first kappa shape index (κ1) is 11.6. The quantitative estimate of drug-likeness (QED) is 0.805. The lowest BCUT2D eigenvalue weighted by atomic mass is 9.95. The maximum absolute atomic E-state index is 12.8. The Labute approximate surface area is 85.0 Å². The second-order valence-corrected chi connectivity index (χ2v) is 3.27. The van der Waals surface area contributed by atoms with Crippen molar-refractivity contribution < 1.29 is 23.8 Å². The van der Waals surface area contributed by atoms with Gasteiger partial charge in [-0.25, -0.2) is 13.6 Å². The van der Waals surface area contributed by atoms with Crippen molar-refractivity contribution in [3.63, 3.8) is 0 Å². The van der Waals surface area contributed by atoms with Gasteiger partial charge >= 0.3 is 5.97 Å². The molecule has 0 fully saturated rings. The summed E-state index contributed by atoms with van der Waals surface area (Å²) in [4.78, 5) is 10.4. The second-order valence-electron chi connectivity index (χ2n) is 3.27. The Morgan fingerprint density at radius 1 is 1.27 bits per heavy atom. The van der Waals surface area contributed by atoms with Gasteiger partial charge in [-0.3, -0.25) is 0 Å². The third kappa shape index (κ3) is 2.73. The normalized spacial score (nSPS) is 14.7. The molecule has 82 valence electrons. The molecule has 0 bridgehead atoms. The summed E-state index contributed by atoms with van der Waals surface area (Å²) in [6.45, 7) is 1.38. The van der Waals surface area contributed by atoms with Crippen LogP contribution in [0.4, 0.5) is 8.78 Å². The highest BCUT2D eigenvalue weighted by atomic mass is 19.1. The van der Waals surface area contributed by atoms with Crippen LogP contribution in [0.25, 0.3) is 0 Å². The van der Waals surface area contributed by atoms with Crippen molar-refractivity contribution in [1.82, 2.24) is 0 Å². The van der Waals surface area contributed by atoms with Crippen LogP contribution in [0, 0.1) is 11.6 Å². The van der Waals surface area contributed by atoms with Crippen LogP contribution in [0.15, 0.2) is 18.2 Å². The Morgan fingerprint density at radius 3 is 2.13 bits per heavy atom. The topological polar surface area (TPSA) is 57.5 Å². The lowest BCUT2D eigenvalue weighted by Gasteiger charge is -2.15. The summed E-state index contributed by atoms with van der Waals surface area (Å²) in [6, 6.07) is 2.68. The first-order valence-corrected chi connectivity index (χ1v) is 4.28. The molecule has 0 aromatic heterocycles. The molecule has 0 saturated heterocycles. The molecule has 2 N–H and O–H groups in total. The predicted molar refractivity (Wildman–Crippen MR) is 48.4 cm³/mol. The predicted octanol–water partition coefficient (Wildman–Crippen LogP) is 1.51. The van der Waals surface area contributed by atoms with E-state index in [4.69, 9.17) is 5.11 Å². The van der Waals surface area contributed by atoms with E-state index in [9.17, 15) is 18.7 Å². The molecular weight excluding hydrogens is 206 g/mol. The highest BCUT2D eigenvalue weighted by Crippen LogP contribution is 2.21. The number of aliphatic hydroxyl groups is 1. The van der Waals surface area contributed by atoms with Gasteiger partial charge in [-0.05, 0) is 17.7 Å². The van der Waals surface area contributed by atoms with Crippen LogP contribution in [0.5, 0.6) is 0 Å². The van der Waals surface area contributed by atoms with E-state index in [2.05, 4.69) is 0 Å². The van der Waals surface area contributed by atoms with Gasteiger partial charge in [0.1, 0.15) is 11.6 Å². The zero-order valence-electron chi connectivity index (χ0n) is 7.95. The zero-order valence-corrected chi connectivity index (χ0v) is 7.95.